The average Bonchev–Trinajstić information content (AvgIpc) is 3.14. The van der Waals surface area contributed by atoms with Crippen LogP contribution in [0.3, 0.4) is 0 Å². The summed E-state index contributed by atoms with van der Waals surface area (Å²) in [6.45, 7) is -0.0876. The predicted octanol–water partition coefficient (Wildman–Crippen LogP) is 2.22. The van der Waals surface area contributed by atoms with Gasteiger partial charge in [0.25, 0.3) is 15.9 Å². The Bertz CT molecular complexity index is 1030. The van der Waals surface area contributed by atoms with Gasteiger partial charge in [0, 0.05) is 6.20 Å². The number of fused-ring (bicyclic) bond motifs is 1. The highest BCUT2D eigenvalue weighted by Crippen LogP contribution is 2.31. The molecular weight excluding hydrogens is 326 g/mol. The smallest absolute Gasteiger partial charge is 0.268 e. The van der Waals surface area contributed by atoms with Gasteiger partial charge in [-0.1, -0.05) is 30.3 Å². The number of carbonyl (C=O) groups is 1. The van der Waals surface area contributed by atoms with Crippen LogP contribution in [0.1, 0.15) is 16.1 Å². The van der Waals surface area contributed by atoms with Crippen molar-refractivity contribution in [1.29, 1.82) is 0 Å². The predicted molar refractivity (Wildman–Crippen MR) is 87.1 cm³/mol. The van der Waals surface area contributed by atoms with Crippen LogP contribution in [0.5, 0.6) is 0 Å². The fourth-order valence-electron chi connectivity index (χ4n) is 2.70. The van der Waals surface area contributed by atoms with Gasteiger partial charge in [0.05, 0.1) is 23.5 Å². The fraction of sp³-hybridized carbons (Fsp3) is 0.0588. The second kappa shape index (κ2) is 5.31. The van der Waals surface area contributed by atoms with Crippen LogP contribution in [-0.4, -0.2) is 28.4 Å². The second-order valence-corrected chi connectivity index (χ2v) is 7.23. The first-order chi connectivity index (χ1) is 11.6. The van der Waals surface area contributed by atoms with Gasteiger partial charge in [0.2, 0.25) is 0 Å². The molecule has 2 aromatic carbocycles. The van der Waals surface area contributed by atoms with Gasteiger partial charge in [-0.25, -0.2) is 17.4 Å². The van der Waals surface area contributed by atoms with Crippen molar-refractivity contribution < 1.29 is 13.2 Å². The summed E-state index contributed by atoms with van der Waals surface area (Å²) in [7, 11) is -3.81. The minimum atomic E-state index is -3.81. The van der Waals surface area contributed by atoms with Crippen molar-refractivity contribution in [3.05, 3.63) is 78.1 Å². The second-order valence-electron chi connectivity index (χ2n) is 5.40. The molecule has 1 aromatic heterocycles. The van der Waals surface area contributed by atoms with Crippen molar-refractivity contribution in [2.45, 2.75) is 11.4 Å². The Morgan fingerprint density at radius 2 is 1.62 bits per heavy atom. The lowest BCUT2D eigenvalue weighted by molar-refractivity contribution is 0.0864. The van der Waals surface area contributed by atoms with Crippen LogP contribution in [0.25, 0.3) is 5.69 Å². The molecular formula is C17H13N3O3S. The van der Waals surface area contributed by atoms with Crippen molar-refractivity contribution in [2.75, 3.05) is 0 Å². The Morgan fingerprint density at radius 1 is 0.917 bits per heavy atom. The van der Waals surface area contributed by atoms with Crippen molar-refractivity contribution in [3.63, 3.8) is 0 Å². The molecule has 0 spiro atoms. The summed E-state index contributed by atoms with van der Waals surface area (Å²) in [5.41, 5.74) is 1.58. The number of carbonyl (C=O) groups excluding carboxylic acids is 1. The van der Waals surface area contributed by atoms with E-state index < -0.39 is 15.9 Å². The number of hydrogen-bond acceptors (Lipinski definition) is 4. The average molecular weight is 339 g/mol. The van der Waals surface area contributed by atoms with Crippen molar-refractivity contribution in [2.24, 2.45) is 0 Å². The lowest BCUT2D eigenvalue weighted by Gasteiger charge is -2.13. The van der Waals surface area contributed by atoms with Crippen LogP contribution >= 0.6 is 0 Å². The summed E-state index contributed by atoms with van der Waals surface area (Å²) < 4.78 is 27.6. The number of aromatic nitrogens is 2. The summed E-state index contributed by atoms with van der Waals surface area (Å²) in [5.74, 6) is -0.514. The van der Waals surface area contributed by atoms with E-state index in [4.69, 9.17) is 0 Å². The molecule has 0 fully saturated rings. The molecule has 1 amide bonds. The van der Waals surface area contributed by atoms with Gasteiger partial charge in [-0.2, -0.15) is 5.10 Å². The number of rotatable bonds is 3. The van der Waals surface area contributed by atoms with Gasteiger partial charge in [0.15, 0.2) is 0 Å². The van der Waals surface area contributed by atoms with E-state index in [2.05, 4.69) is 5.10 Å². The number of sulfonamides is 1. The maximum absolute atomic E-state index is 12.5. The molecule has 0 radical (unpaired) electrons. The van der Waals surface area contributed by atoms with Crippen LogP contribution in [-0.2, 0) is 16.6 Å². The zero-order valence-electron chi connectivity index (χ0n) is 12.5. The number of hydrogen-bond donors (Lipinski definition) is 0. The van der Waals surface area contributed by atoms with Gasteiger partial charge < -0.3 is 0 Å². The Kier molecular flexibility index (Phi) is 3.24. The monoisotopic (exact) mass is 339 g/mol. The van der Waals surface area contributed by atoms with Crippen LogP contribution in [0.15, 0.2) is 71.8 Å². The first kappa shape index (κ1) is 14.6. The minimum absolute atomic E-state index is 0.0532. The maximum atomic E-state index is 12.5. The van der Waals surface area contributed by atoms with Crippen LogP contribution in [0, 0.1) is 0 Å². The standard InChI is InChI=1S/C17H13N3O3S/c21-17-15-8-4-5-9-16(15)24(22,23)20(17)12-13-10-11-19(18-13)14-6-2-1-3-7-14/h1-11H,12H2. The number of amides is 1. The molecule has 24 heavy (non-hydrogen) atoms. The first-order valence-corrected chi connectivity index (χ1v) is 8.77. The van der Waals surface area contributed by atoms with Crippen LogP contribution < -0.4 is 0 Å². The van der Waals surface area contributed by atoms with E-state index in [0.717, 1.165) is 9.99 Å². The summed E-state index contributed by atoms with van der Waals surface area (Å²) in [4.78, 5) is 12.5. The van der Waals surface area contributed by atoms with E-state index >= 15 is 0 Å². The van der Waals surface area contributed by atoms with Crippen LogP contribution in [0.4, 0.5) is 0 Å². The molecule has 0 aliphatic carbocycles. The molecule has 0 unspecified atom stereocenters. The first-order valence-electron chi connectivity index (χ1n) is 7.33. The Morgan fingerprint density at radius 3 is 2.38 bits per heavy atom. The lowest BCUT2D eigenvalue weighted by Crippen LogP contribution is -2.29. The third-order valence-corrected chi connectivity index (χ3v) is 5.67. The Hall–Kier alpha value is -2.93. The van der Waals surface area contributed by atoms with Gasteiger partial charge in [-0.15, -0.1) is 0 Å². The van der Waals surface area contributed by atoms with Gasteiger partial charge in [-0.3, -0.25) is 4.79 Å². The topological polar surface area (TPSA) is 72.3 Å². The molecule has 6 nitrogen and oxygen atoms in total. The van der Waals surface area contributed by atoms with Crippen molar-refractivity contribution in [3.8, 4) is 5.69 Å². The zero-order valence-corrected chi connectivity index (χ0v) is 13.3. The van der Waals surface area contributed by atoms with Gasteiger partial charge >= 0.3 is 0 Å². The molecule has 0 saturated heterocycles. The van der Waals surface area contributed by atoms with Gasteiger partial charge in [0.1, 0.15) is 4.90 Å². The third-order valence-electron chi connectivity index (χ3n) is 3.88. The van der Waals surface area contributed by atoms with E-state index in [-0.39, 0.29) is 17.0 Å². The number of benzene rings is 2. The number of nitrogens with zero attached hydrogens (tertiary/aromatic N) is 3. The number of para-hydroxylation sites is 1. The molecule has 120 valence electrons. The summed E-state index contributed by atoms with van der Waals surface area (Å²) >= 11 is 0. The van der Waals surface area contributed by atoms with E-state index in [1.54, 1.807) is 29.1 Å². The SMILES string of the molecule is O=C1c2ccccc2S(=O)(=O)N1Cc1ccn(-c2ccccc2)n1. The largest absolute Gasteiger partial charge is 0.269 e. The molecule has 3 aromatic rings. The van der Waals surface area contributed by atoms with E-state index in [1.807, 2.05) is 30.3 Å². The quantitative estimate of drug-likeness (QED) is 0.733. The van der Waals surface area contributed by atoms with E-state index in [9.17, 15) is 13.2 Å². The van der Waals surface area contributed by atoms with Crippen LogP contribution in [0.2, 0.25) is 0 Å². The molecule has 4 rings (SSSR count). The minimum Gasteiger partial charge on any atom is -0.268 e. The highest BCUT2D eigenvalue weighted by Gasteiger charge is 2.41. The van der Waals surface area contributed by atoms with Crippen molar-refractivity contribution in [1.82, 2.24) is 14.1 Å². The molecule has 0 atom stereocenters. The normalized spacial score (nSPS) is 15.5. The van der Waals surface area contributed by atoms with E-state index in [1.165, 1.54) is 12.1 Å². The Labute approximate surface area is 139 Å². The Balaban J connectivity index is 1.66. The molecule has 0 saturated carbocycles. The molecule has 0 bridgehead atoms. The third kappa shape index (κ3) is 2.21. The van der Waals surface area contributed by atoms with Gasteiger partial charge in [-0.05, 0) is 30.3 Å². The van der Waals surface area contributed by atoms with E-state index in [0.29, 0.717) is 5.69 Å². The zero-order chi connectivity index (χ0) is 16.7. The maximum Gasteiger partial charge on any atom is 0.269 e. The summed E-state index contributed by atoms with van der Waals surface area (Å²) in [6, 6.07) is 17.4. The summed E-state index contributed by atoms with van der Waals surface area (Å²) in [6.07, 6.45) is 1.74. The summed E-state index contributed by atoms with van der Waals surface area (Å²) in [5, 5.41) is 4.37. The lowest BCUT2D eigenvalue weighted by atomic mass is 10.2. The highest BCUT2D eigenvalue weighted by atomic mass is 32.2. The molecule has 7 heteroatoms. The molecule has 1 aliphatic rings. The molecule has 2 heterocycles. The molecule has 0 N–H and O–H groups in total. The van der Waals surface area contributed by atoms with Crippen molar-refractivity contribution >= 4 is 15.9 Å². The fourth-order valence-corrected chi connectivity index (χ4v) is 4.25. The molecule has 1 aliphatic heterocycles. The highest BCUT2D eigenvalue weighted by molar-refractivity contribution is 7.90.